The van der Waals surface area contributed by atoms with Crippen molar-refractivity contribution in [2.24, 2.45) is 0 Å². The highest BCUT2D eigenvalue weighted by Gasteiger charge is 2.40. The number of pyridine rings is 2. The summed E-state index contributed by atoms with van der Waals surface area (Å²) >= 11 is 0. The number of fused-ring (bicyclic) bond motifs is 1. The molecule has 0 saturated heterocycles. The molecule has 0 bridgehead atoms. The molecule has 4 heterocycles. The van der Waals surface area contributed by atoms with Gasteiger partial charge in [-0.25, -0.2) is 19.5 Å². The van der Waals surface area contributed by atoms with Gasteiger partial charge in [0.05, 0.1) is 17.8 Å². The maximum Gasteiger partial charge on any atom is 0.422 e. The van der Waals surface area contributed by atoms with Crippen LogP contribution in [-0.2, 0) is 4.43 Å². The second-order valence-corrected chi connectivity index (χ2v) is 18.0. The van der Waals surface area contributed by atoms with Gasteiger partial charge in [-0.3, -0.25) is 0 Å². The Bertz CT molecular complexity index is 1630. The van der Waals surface area contributed by atoms with E-state index in [0.717, 1.165) is 42.5 Å². The minimum atomic E-state index is -4.48. The zero-order chi connectivity index (χ0) is 32.6. The number of rotatable bonds is 9. The van der Waals surface area contributed by atoms with Crippen molar-refractivity contribution in [2.45, 2.75) is 96.8 Å². The van der Waals surface area contributed by atoms with Crippen molar-refractivity contribution in [1.82, 2.24) is 24.6 Å². The Morgan fingerprint density at radius 3 is 2.33 bits per heavy atom. The molecule has 4 aromatic heterocycles. The van der Waals surface area contributed by atoms with Crippen molar-refractivity contribution < 1.29 is 27.1 Å². The highest BCUT2D eigenvalue weighted by atomic mass is 28.4. The molecule has 1 aliphatic rings. The van der Waals surface area contributed by atoms with E-state index in [-0.39, 0.29) is 23.1 Å². The molecule has 1 saturated carbocycles. The van der Waals surface area contributed by atoms with E-state index in [9.17, 15) is 13.2 Å². The lowest BCUT2D eigenvalue weighted by molar-refractivity contribution is -0.154. The molecule has 0 radical (unpaired) electrons. The van der Waals surface area contributed by atoms with Gasteiger partial charge in [0.2, 0.25) is 5.88 Å². The fourth-order valence-corrected chi connectivity index (χ4v) is 6.58. The lowest BCUT2D eigenvalue weighted by Gasteiger charge is -2.41. The largest absolute Gasteiger partial charge is 0.488 e. The summed E-state index contributed by atoms with van der Waals surface area (Å²) in [6.45, 7) is 13.5. The van der Waals surface area contributed by atoms with Crippen molar-refractivity contribution >= 4 is 25.5 Å². The maximum atomic E-state index is 12.9. The van der Waals surface area contributed by atoms with Gasteiger partial charge in [0, 0.05) is 41.8 Å². The second-order valence-electron chi connectivity index (χ2n) is 13.2. The van der Waals surface area contributed by atoms with Crippen LogP contribution in [0.3, 0.4) is 0 Å². The number of anilines is 2. The van der Waals surface area contributed by atoms with Gasteiger partial charge in [-0.2, -0.15) is 18.3 Å². The minimum absolute atomic E-state index is 0.0685. The van der Waals surface area contributed by atoms with E-state index in [1.54, 1.807) is 10.7 Å². The molecule has 242 valence electrons. The van der Waals surface area contributed by atoms with Gasteiger partial charge in [0.1, 0.15) is 17.4 Å². The van der Waals surface area contributed by atoms with Crippen molar-refractivity contribution in [3.05, 3.63) is 54.2 Å². The van der Waals surface area contributed by atoms with E-state index in [1.165, 1.54) is 12.3 Å². The van der Waals surface area contributed by atoms with Gasteiger partial charge in [-0.05, 0) is 75.4 Å². The van der Waals surface area contributed by atoms with Crippen LogP contribution in [0.5, 0.6) is 11.6 Å². The normalized spacial score (nSPS) is 17.8. The molecular formula is C32H41F3N6O3Si. The summed E-state index contributed by atoms with van der Waals surface area (Å²) in [6.07, 6.45) is 2.27. The zero-order valence-electron chi connectivity index (χ0n) is 26.8. The molecule has 13 heteroatoms. The van der Waals surface area contributed by atoms with Gasteiger partial charge < -0.3 is 19.2 Å². The van der Waals surface area contributed by atoms with Crippen LogP contribution in [0.1, 0.15) is 58.0 Å². The van der Waals surface area contributed by atoms with Crippen molar-refractivity contribution in [1.29, 1.82) is 0 Å². The lowest BCUT2D eigenvalue weighted by Crippen LogP contribution is -2.45. The van der Waals surface area contributed by atoms with E-state index in [1.807, 2.05) is 38.1 Å². The average molecular weight is 643 g/mol. The Balaban J connectivity index is 1.37. The van der Waals surface area contributed by atoms with Gasteiger partial charge in [-0.15, -0.1) is 0 Å². The molecule has 4 aromatic rings. The smallest absolute Gasteiger partial charge is 0.422 e. The highest BCUT2D eigenvalue weighted by molar-refractivity contribution is 6.74. The van der Waals surface area contributed by atoms with Gasteiger partial charge in [-0.1, -0.05) is 20.8 Å². The summed E-state index contributed by atoms with van der Waals surface area (Å²) in [5.41, 5.74) is 2.91. The molecular weight excluding hydrogens is 601 g/mol. The fourth-order valence-electron chi connectivity index (χ4n) is 5.15. The first-order chi connectivity index (χ1) is 21.0. The molecule has 0 spiro atoms. The molecule has 1 N–H and O–H groups in total. The van der Waals surface area contributed by atoms with E-state index in [0.29, 0.717) is 28.8 Å². The molecule has 0 aromatic carbocycles. The maximum absolute atomic E-state index is 12.9. The number of aryl methyl sites for hydroxylation is 2. The van der Waals surface area contributed by atoms with Crippen LogP contribution in [0.15, 0.2) is 42.7 Å². The minimum Gasteiger partial charge on any atom is -0.488 e. The Labute approximate surface area is 262 Å². The molecule has 0 atom stereocenters. The SMILES string of the molecule is Cc1cc(Nc2cc3cc(-c4cc(OCC(F)(F)F)ncc4O[C@H]4CC[C@H](O[Si](C)(C)C(C)(C)C)CC4)ccn3n2)nc(C)n1. The number of hydrogen-bond acceptors (Lipinski definition) is 8. The number of alkyl halides is 3. The lowest BCUT2D eigenvalue weighted by atomic mass is 9.95. The third kappa shape index (κ3) is 8.31. The first-order valence-corrected chi connectivity index (χ1v) is 18.1. The Morgan fingerprint density at radius 1 is 0.956 bits per heavy atom. The Morgan fingerprint density at radius 2 is 1.67 bits per heavy atom. The third-order valence-electron chi connectivity index (χ3n) is 8.40. The van der Waals surface area contributed by atoms with Gasteiger partial charge in [0.25, 0.3) is 0 Å². The van der Waals surface area contributed by atoms with Crippen LogP contribution in [0.4, 0.5) is 24.8 Å². The summed E-state index contributed by atoms with van der Waals surface area (Å²) in [6, 6.07) is 8.93. The molecule has 1 fully saturated rings. The van der Waals surface area contributed by atoms with Crippen LogP contribution in [0, 0.1) is 13.8 Å². The van der Waals surface area contributed by atoms with Crippen LogP contribution in [-0.4, -0.2) is 57.9 Å². The predicted octanol–water partition coefficient (Wildman–Crippen LogP) is 8.20. The van der Waals surface area contributed by atoms with Crippen LogP contribution in [0.25, 0.3) is 16.6 Å². The number of ether oxygens (including phenoxy) is 2. The van der Waals surface area contributed by atoms with Gasteiger partial charge in [0.15, 0.2) is 20.7 Å². The predicted molar refractivity (Wildman–Crippen MR) is 170 cm³/mol. The number of nitrogens with zero attached hydrogens (tertiary/aromatic N) is 5. The van der Waals surface area contributed by atoms with Crippen molar-refractivity contribution in [3.63, 3.8) is 0 Å². The summed E-state index contributed by atoms with van der Waals surface area (Å²) in [4.78, 5) is 12.9. The molecule has 0 amide bonds. The third-order valence-corrected chi connectivity index (χ3v) is 12.9. The summed E-state index contributed by atoms with van der Waals surface area (Å²) in [5.74, 6) is 2.21. The van der Waals surface area contributed by atoms with Crippen LogP contribution >= 0.6 is 0 Å². The number of nitrogens with one attached hydrogen (secondary N) is 1. The van der Waals surface area contributed by atoms with Crippen molar-refractivity contribution in [2.75, 3.05) is 11.9 Å². The van der Waals surface area contributed by atoms with Crippen LogP contribution < -0.4 is 14.8 Å². The van der Waals surface area contributed by atoms with Gasteiger partial charge >= 0.3 is 6.18 Å². The average Bonchev–Trinajstić information content (AvgIpc) is 3.33. The molecule has 0 aliphatic heterocycles. The van der Waals surface area contributed by atoms with E-state index in [2.05, 4.69) is 59.2 Å². The van der Waals surface area contributed by atoms with E-state index < -0.39 is 21.1 Å². The number of halogens is 3. The summed E-state index contributed by atoms with van der Waals surface area (Å²) < 4.78 is 58.6. The summed E-state index contributed by atoms with van der Waals surface area (Å²) in [7, 11) is -1.88. The van der Waals surface area contributed by atoms with E-state index >= 15 is 0 Å². The second kappa shape index (κ2) is 12.6. The Hall–Kier alpha value is -3.71. The molecule has 9 nitrogen and oxygen atoms in total. The highest BCUT2D eigenvalue weighted by Crippen LogP contribution is 2.40. The Kier molecular flexibility index (Phi) is 9.14. The molecule has 45 heavy (non-hydrogen) atoms. The van der Waals surface area contributed by atoms with E-state index in [4.69, 9.17) is 13.9 Å². The first-order valence-electron chi connectivity index (χ1n) is 15.2. The number of hydrogen-bond donors (Lipinski definition) is 1. The monoisotopic (exact) mass is 642 g/mol. The van der Waals surface area contributed by atoms with Crippen molar-refractivity contribution in [3.8, 4) is 22.8 Å². The van der Waals surface area contributed by atoms with Crippen LogP contribution in [0.2, 0.25) is 18.1 Å². The standard InChI is InChI=1S/C32H41F3N6O3Si/c1-20-14-28(38-21(2)37-20)39-29-16-23-15-22(12-13-41(23)40-29)26-17-30(42-19-32(33,34)35)36-18-27(26)43-24-8-10-25(11-9-24)44-45(6,7)31(3,4)5/h12-18,24-25H,8-11,19H2,1-7H3,(H,37,38,39,40)/t24-,25-. The number of aromatic nitrogens is 5. The zero-order valence-corrected chi connectivity index (χ0v) is 27.8. The molecule has 0 unspecified atom stereocenters. The fraction of sp³-hybridized carbons (Fsp3) is 0.500. The first kappa shape index (κ1) is 32.7. The molecule has 5 rings (SSSR count). The quantitative estimate of drug-likeness (QED) is 0.183. The summed E-state index contributed by atoms with van der Waals surface area (Å²) in [5, 5.41) is 7.93. The topological polar surface area (TPSA) is 95.7 Å². The molecule has 1 aliphatic carbocycles.